The molecule has 2 rings (SSSR count). The van der Waals surface area contributed by atoms with Gasteiger partial charge in [0.15, 0.2) is 0 Å². The van der Waals surface area contributed by atoms with Crippen molar-refractivity contribution in [2.45, 2.75) is 13.0 Å². The molecule has 0 bridgehead atoms. The first kappa shape index (κ1) is 13.4. The van der Waals surface area contributed by atoms with Gasteiger partial charge in [0.05, 0.1) is 6.04 Å². The lowest BCUT2D eigenvalue weighted by Crippen LogP contribution is -2.25. The van der Waals surface area contributed by atoms with Crippen molar-refractivity contribution in [1.82, 2.24) is 15.3 Å². The molecule has 0 spiro atoms. The molecule has 5 heteroatoms. The fourth-order valence-electron chi connectivity index (χ4n) is 1.59. The number of rotatable bonds is 4. The van der Waals surface area contributed by atoms with Gasteiger partial charge in [-0.15, -0.1) is 0 Å². The third kappa shape index (κ3) is 3.96. The number of amides is 1. The van der Waals surface area contributed by atoms with E-state index in [9.17, 15) is 4.79 Å². The molecule has 0 aliphatic carbocycles. The number of nitrogens with zero attached hydrogens (tertiary/aromatic N) is 1. The smallest absolute Gasteiger partial charge is 0.244 e. The van der Waals surface area contributed by atoms with E-state index in [2.05, 4.69) is 15.3 Å². The molecule has 1 unspecified atom stereocenters. The van der Waals surface area contributed by atoms with Crippen LogP contribution in [0, 0.1) is 0 Å². The maximum Gasteiger partial charge on any atom is 0.244 e. The van der Waals surface area contributed by atoms with Crippen molar-refractivity contribution in [1.29, 1.82) is 0 Å². The zero-order chi connectivity index (χ0) is 13.7. The van der Waals surface area contributed by atoms with Crippen LogP contribution in [0.15, 0.2) is 42.7 Å². The normalized spacial score (nSPS) is 12.5. The molecule has 4 nitrogen and oxygen atoms in total. The van der Waals surface area contributed by atoms with Crippen molar-refractivity contribution < 1.29 is 4.79 Å². The van der Waals surface area contributed by atoms with Crippen LogP contribution in [0.3, 0.4) is 0 Å². The molecule has 2 N–H and O–H groups in total. The van der Waals surface area contributed by atoms with Gasteiger partial charge in [0.2, 0.25) is 5.91 Å². The van der Waals surface area contributed by atoms with Crippen LogP contribution >= 0.6 is 11.6 Å². The van der Waals surface area contributed by atoms with Gasteiger partial charge in [0, 0.05) is 23.5 Å². The zero-order valence-corrected chi connectivity index (χ0v) is 11.2. The van der Waals surface area contributed by atoms with E-state index in [0.29, 0.717) is 5.02 Å². The first-order valence-electron chi connectivity index (χ1n) is 5.88. The topological polar surface area (TPSA) is 57.8 Å². The molecule has 98 valence electrons. The largest absolute Gasteiger partial charge is 0.347 e. The van der Waals surface area contributed by atoms with E-state index in [0.717, 1.165) is 11.4 Å². The Hall–Kier alpha value is -2.07. The summed E-state index contributed by atoms with van der Waals surface area (Å²) >= 11 is 5.79. The van der Waals surface area contributed by atoms with E-state index >= 15 is 0 Å². The van der Waals surface area contributed by atoms with Gasteiger partial charge in [-0.25, -0.2) is 4.98 Å². The SMILES string of the molecule is CC(NC(=O)/C=C/c1ccc(Cl)cc1)c1ncc[nH]1. The Bertz CT molecular complexity index is 561. The maximum atomic E-state index is 11.7. The minimum atomic E-state index is -0.168. The second-order valence-corrected chi connectivity index (χ2v) is 4.53. The fourth-order valence-corrected chi connectivity index (χ4v) is 1.72. The summed E-state index contributed by atoms with van der Waals surface area (Å²) in [5.41, 5.74) is 0.921. The second-order valence-electron chi connectivity index (χ2n) is 4.09. The average Bonchev–Trinajstić information content (AvgIpc) is 2.92. The number of H-pyrrole nitrogens is 1. The highest BCUT2D eigenvalue weighted by atomic mass is 35.5. The quantitative estimate of drug-likeness (QED) is 0.843. The molecule has 1 atom stereocenters. The van der Waals surface area contributed by atoms with Gasteiger partial charge in [-0.2, -0.15) is 0 Å². The van der Waals surface area contributed by atoms with Crippen molar-refractivity contribution >= 4 is 23.6 Å². The molecule has 0 saturated heterocycles. The highest BCUT2D eigenvalue weighted by Gasteiger charge is 2.08. The molecule has 0 fully saturated rings. The highest BCUT2D eigenvalue weighted by Crippen LogP contribution is 2.10. The number of carbonyl (C=O) groups excluding carboxylic acids is 1. The molecule has 0 saturated carbocycles. The molecule has 0 radical (unpaired) electrons. The zero-order valence-electron chi connectivity index (χ0n) is 10.4. The Morgan fingerprint density at radius 1 is 1.42 bits per heavy atom. The van der Waals surface area contributed by atoms with Gasteiger partial charge in [-0.05, 0) is 30.7 Å². The average molecular weight is 276 g/mol. The summed E-state index contributed by atoms with van der Waals surface area (Å²) < 4.78 is 0. The monoisotopic (exact) mass is 275 g/mol. The van der Waals surface area contributed by atoms with E-state index in [1.54, 1.807) is 30.6 Å². The van der Waals surface area contributed by atoms with E-state index < -0.39 is 0 Å². The predicted octanol–water partition coefficient (Wildman–Crippen LogP) is 2.95. The van der Waals surface area contributed by atoms with Crippen LogP contribution in [0.1, 0.15) is 24.4 Å². The van der Waals surface area contributed by atoms with Crippen LogP contribution in [-0.4, -0.2) is 15.9 Å². The van der Waals surface area contributed by atoms with E-state index in [4.69, 9.17) is 11.6 Å². The van der Waals surface area contributed by atoms with Gasteiger partial charge in [-0.1, -0.05) is 23.7 Å². The molecule has 1 amide bonds. The molecule has 1 heterocycles. The summed E-state index contributed by atoms with van der Waals surface area (Å²) in [6, 6.07) is 7.11. The lowest BCUT2D eigenvalue weighted by Gasteiger charge is -2.08. The second kappa shape index (κ2) is 6.20. The minimum absolute atomic E-state index is 0.155. The van der Waals surface area contributed by atoms with Crippen molar-refractivity contribution in [3.05, 3.63) is 59.1 Å². The summed E-state index contributed by atoms with van der Waals surface area (Å²) in [5, 5.41) is 3.49. The molecule has 1 aromatic heterocycles. The molecular formula is C14H14ClN3O. The number of aromatic amines is 1. The first-order valence-corrected chi connectivity index (χ1v) is 6.26. The Balaban J connectivity index is 1.92. The Kier molecular flexibility index (Phi) is 4.36. The van der Waals surface area contributed by atoms with E-state index in [1.165, 1.54) is 6.08 Å². The number of imidazole rings is 1. The van der Waals surface area contributed by atoms with Gasteiger partial charge in [0.25, 0.3) is 0 Å². The van der Waals surface area contributed by atoms with Gasteiger partial charge in [0.1, 0.15) is 5.82 Å². The van der Waals surface area contributed by atoms with Gasteiger partial charge >= 0.3 is 0 Å². The standard InChI is InChI=1S/C14H14ClN3O/c1-10(14-16-8-9-17-14)18-13(19)7-4-11-2-5-12(15)6-3-11/h2-10H,1H3,(H,16,17)(H,18,19)/b7-4+. The van der Waals surface area contributed by atoms with Crippen LogP contribution in [0.2, 0.25) is 5.02 Å². The van der Waals surface area contributed by atoms with E-state index in [-0.39, 0.29) is 11.9 Å². The summed E-state index contributed by atoms with van der Waals surface area (Å²) in [5.74, 6) is 0.562. The van der Waals surface area contributed by atoms with Crippen LogP contribution in [0.25, 0.3) is 6.08 Å². The summed E-state index contributed by atoms with van der Waals surface area (Å²) in [7, 11) is 0. The number of halogens is 1. The molecule has 0 aliphatic heterocycles. The summed E-state index contributed by atoms with van der Waals surface area (Å²) in [4.78, 5) is 18.8. The number of hydrogen-bond acceptors (Lipinski definition) is 2. The summed E-state index contributed by atoms with van der Waals surface area (Å²) in [6.45, 7) is 1.87. The number of hydrogen-bond donors (Lipinski definition) is 2. The van der Waals surface area contributed by atoms with Crippen molar-refractivity contribution in [2.75, 3.05) is 0 Å². The minimum Gasteiger partial charge on any atom is -0.347 e. The highest BCUT2D eigenvalue weighted by molar-refractivity contribution is 6.30. The number of carbonyl (C=O) groups is 1. The molecule has 1 aromatic carbocycles. The molecule has 2 aromatic rings. The Labute approximate surface area is 116 Å². The molecule has 19 heavy (non-hydrogen) atoms. The number of benzene rings is 1. The lowest BCUT2D eigenvalue weighted by molar-refractivity contribution is -0.117. The molecule has 0 aliphatic rings. The van der Waals surface area contributed by atoms with Crippen molar-refractivity contribution in [3.63, 3.8) is 0 Å². The Morgan fingerprint density at radius 2 is 2.16 bits per heavy atom. The van der Waals surface area contributed by atoms with Gasteiger partial charge < -0.3 is 10.3 Å². The van der Waals surface area contributed by atoms with Crippen molar-refractivity contribution in [3.8, 4) is 0 Å². The van der Waals surface area contributed by atoms with Crippen LogP contribution in [0.4, 0.5) is 0 Å². The Morgan fingerprint density at radius 3 is 2.79 bits per heavy atom. The van der Waals surface area contributed by atoms with E-state index in [1.807, 2.05) is 19.1 Å². The molecular weight excluding hydrogens is 262 g/mol. The lowest BCUT2D eigenvalue weighted by atomic mass is 10.2. The third-order valence-corrected chi connectivity index (χ3v) is 2.84. The number of aromatic nitrogens is 2. The summed E-state index contributed by atoms with van der Waals surface area (Å²) in [6.07, 6.45) is 6.60. The number of nitrogens with one attached hydrogen (secondary N) is 2. The fraction of sp³-hybridized carbons (Fsp3) is 0.143. The maximum absolute atomic E-state index is 11.7. The first-order chi connectivity index (χ1) is 9.15. The van der Waals surface area contributed by atoms with Gasteiger partial charge in [-0.3, -0.25) is 4.79 Å². The van der Waals surface area contributed by atoms with Crippen molar-refractivity contribution in [2.24, 2.45) is 0 Å². The van der Waals surface area contributed by atoms with Crippen LogP contribution in [0.5, 0.6) is 0 Å². The third-order valence-electron chi connectivity index (χ3n) is 2.59. The predicted molar refractivity (Wildman–Crippen MR) is 75.6 cm³/mol. The van der Waals surface area contributed by atoms with Crippen LogP contribution < -0.4 is 5.32 Å². The van der Waals surface area contributed by atoms with Crippen LogP contribution in [-0.2, 0) is 4.79 Å².